The normalized spacial score (nSPS) is 22.0. The van der Waals surface area contributed by atoms with Gasteiger partial charge >= 0.3 is 29.8 Å². The molecule has 14 atom stereocenters. The zero-order valence-electron chi connectivity index (χ0n) is 70.8. The summed E-state index contributed by atoms with van der Waals surface area (Å²) in [6, 6.07) is 92.9. The Morgan fingerprint density at radius 3 is 1.02 bits per heavy atom. The average molecular weight is 1700 g/mol. The molecule has 3 heterocycles. The predicted octanol–water partition coefficient (Wildman–Crippen LogP) is 17.1. The Kier molecular flexibility index (Phi) is 34.4. The molecule has 3 saturated heterocycles. The SMILES string of the molecule is COC(=O)CCCCCCCCCCCO[C@@H]1O[C@H](CO[C@@H]2O[C@H](CO[Si](c3ccccc3)(c3ccccc3)C(C)(C)C)[C@H](OCc3ccccc3)[C@H](OCc3ccccc3)[C@H]2O[C@H]2O[C@@H](COC(=O)c3ccccc3)[C@H](OC(=O)c3ccccc3)[C@H]2OC(=O)c2ccccc2)[C@H](OCc2ccccc2)[C@H](OCc2ccccc2)[C@H]1OC(=O)c1ccccc1. The van der Waals surface area contributed by atoms with Gasteiger partial charge in [0.25, 0.3) is 8.32 Å². The fourth-order valence-corrected chi connectivity index (χ4v) is 20.5. The molecule has 13 rings (SSSR count). The van der Waals surface area contributed by atoms with E-state index in [1.165, 1.54) is 7.11 Å². The van der Waals surface area contributed by atoms with Gasteiger partial charge in [0, 0.05) is 13.0 Å². The van der Waals surface area contributed by atoms with Crippen molar-refractivity contribution in [3.63, 3.8) is 0 Å². The first-order valence-corrected chi connectivity index (χ1v) is 44.9. The first kappa shape index (κ1) is 91.0. The quantitative estimate of drug-likeness (QED) is 0.0149. The molecule has 10 aromatic carbocycles. The van der Waals surface area contributed by atoms with Crippen LogP contribution in [0.25, 0.3) is 0 Å². The Morgan fingerprint density at radius 2 is 0.621 bits per heavy atom. The predicted molar refractivity (Wildman–Crippen MR) is 468 cm³/mol. The van der Waals surface area contributed by atoms with Crippen LogP contribution in [-0.4, -0.2) is 158 Å². The van der Waals surface area contributed by atoms with Crippen LogP contribution in [0, 0.1) is 0 Å². The molecule has 0 spiro atoms. The second kappa shape index (κ2) is 46.9. The van der Waals surface area contributed by atoms with Crippen LogP contribution in [-0.2, 0) is 107 Å². The van der Waals surface area contributed by atoms with Crippen LogP contribution in [0.1, 0.15) is 149 Å². The summed E-state index contributed by atoms with van der Waals surface area (Å²) in [5, 5.41) is 1.46. The highest BCUT2D eigenvalue weighted by Crippen LogP contribution is 2.42. The Balaban J connectivity index is 0.939. The van der Waals surface area contributed by atoms with Crippen molar-refractivity contribution in [1.29, 1.82) is 0 Å². The fourth-order valence-electron chi connectivity index (χ4n) is 16.0. The zero-order chi connectivity index (χ0) is 86.1. The first-order chi connectivity index (χ1) is 60.7. The lowest BCUT2D eigenvalue weighted by molar-refractivity contribution is -0.361. The molecule has 650 valence electrons. The van der Waals surface area contributed by atoms with Gasteiger partial charge < -0.3 is 75.5 Å². The molecule has 0 unspecified atom stereocenters. The molecule has 3 aliphatic heterocycles. The summed E-state index contributed by atoms with van der Waals surface area (Å²) in [6.45, 7) is 5.75. The summed E-state index contributed by atoms with van der Waals surface area (Å²) >= 11 is 0. The highest BCUT2D eigenvalue weighted by molar-refractivity contribution is 6.99. The number of hydrogen-bond donors (Lipinski definition) is 0. The number of rotatable bonds is 44. The number of unbranched alkanes of at least 4 members (excludes halogenated alkanes) is 8. The molecular weight excluding hydrogens is 1590 g/mol. The van der Waals surface area contributed by atoms with E-state index in [9.17, 15) is 19.2 Å². The van der Waals surface area contributed by atoms with Crippen LogP contribution in [0.3, 0.4) is 0 Å². The Morgan fingerprint density at radius 1 is 0.306 bits per heavy atom. The minimum Gasteiger partial charge on any atom is -0.469 e. The van der Waals surface area contributed by atoms with E-state index in [1.807, 2.05) is 164 Å². The molecule has 0 N–H and O–H groups in total. The van der Waals surface area contributed by atoms with Gasteiger partial charge in [0.15, 0.2) is 37.2 Å². The minimum atomic E-state index is -3.47. The van der Waals surface area contributed by atoms with Gasteiger partial charge in [-0.25, -0.2) is 19.2 Å². The van der Waals surface area contributed by atoms with E-state index in [4.69, 9.17) is 75.5 Å². The molecule has 0 aromatic heterocycles. The number of carbonyl (C=O) groups excluding carboxylic acids is 5. The van der Waals surface area contributed by atoms with E-state index in [1.54, 1.807) is 115 Å². The molecule has 22 heteroatoms. The van der Waals surface area contributed by atoms with Crippen molar-refractivity contribution < 1.29 is 99.5 Å². The molecule has 0 saturated carbocycles. The third-order valence-electron chi connectivity index (χ3n) is 22.4. The summed E-state index contributed by atoms with van der Waals surface area (Å²) in [5.74, 6) is -3.20. The number of carbonyl (C=O) groups is 5. The van der Waals surface area contributed by atoms with E-state index in [-0.39, 0.29) is 67.9 Å². The molecule has 0 bridgehead atoms. The maximum atomic E-state index is 15.1. The van der Waals surface area contributed by atoms with E-state index in [0.29, 0.717) is 12.8 Å². The minimum absolute atomic E-state index is 0.0244. The van der Waals surface area contributed by atoms with E-state index in [2.05, 4.69) is 45.0 Å². The summed E-state index contributed by atoms with van der Waals surface area (Å²) < 4.78 is 112. The van der Waals surface area contributed by atoms with Gasteiger partial charge in [-0.2, -0.15) is 0 Å². The molecule has 124 heavy (non-hydrogen) atoms. The van der Waals surface area contributed by atoms with Crippen LogP contribution in [0.4, 0.5) is 0 Å². The summed E-state index contributed by atoms with van der Waals surface area (Å²) in [5.41, 5.74) is 4.04. The third-order valence-corrected chi connectivity index (χ3v) is 27.4. The Bertz CT molecular complexity index is 4780. The second-order valence-corrected chi connectivity index (χ2v) is 36.4. The fraction of sp³-hybridized carbons (Fsp3) is 0.363. The van der Waals surface area contributed by atoms with Crippen molar-refractivity contribution in [3.05, 3.63) is 348 Å². The molecule has 21 nitrogen and oxygen atoms in total. The summed E-state index contributed by atoms with van der Waals surface area (Å²) in [7, 11) is -2.06. The number of methoxy groups -OCH3 is 1. The molecule has 3 fully saturated rings. The summed E-state index contributed by atoms with van der Waals surface area (Å²) in [6.07, 6.45) is -10.4. The Hall–Kier alpha value is -10.7. The van der Waals surface area contributed by atoms with Gasteiger partial charge in [-0.15, -0.1) is 0 Å². The molecule has 0 radical (unpaired) electrons. The monoisotopic (exact) mass is 1700 g/mol. The highest BCUT2D eigenvalue weighted by Gasteiger charge is 2.59. The summed E-state index contributed by atoms with van der Waals surface area (Å²) in [4.78, 5) is 70.7. The maximum absolute atomic E-state index is 15.1. The van der Waals surface area contributed by atoms with E-state index >= 15 is 4.79 Å². The van der Waals surface area contributed by atoms with Gasteiger partial charge in [0.1, 0.15) is 55.4 Å². The number of hydrogen-bond acceptors (Lipinski definition) is 21. The van der Waals surface area contributed by atoms with E-state index < -0.39 is 136 Å². The maximum Gasteiger partial charge on any atom is 0.338 e. The van der Waals surface area contributed by atoms with Crippen molar-refractivity contribution in [1.82, 2.24) is 0 Å². The van der Waals surface area contributed by atoms with Gasteiger partial charge in [-0.1, -0.05) is 321 Å². The first-order valence-electron chi connectivity index (χ1n) is 43.0. The van der Waals surface area contributed by atoms with Crippen LogP contribution in [0.2, 0.25) is 5.04 Å². The molecule has 0 aliphatic carbocycles. The van der Waals surface area contributed by atoms with Gasteiger partial charge in [0.05, 0.1) is 69.0 Å². The highest BCUT2D eigenvalue weighted by atomic mass is 28.4. The largest absolute Gasteiger partial charge is 0.469 e. The van der Waals surface area contributed by atoms with Crippen molar-refractivity contribution in [3.8, 4) is 0 Å². The van der Waals surface area contributed by atoms with Crippen LogP contribution in [0.15, 0.2) is 303 Å². The molecule has 3 aliphatic rings. The smallest absolute Gasteiger partial charge is 0.338 e. The second-order valence-electron chi connectivity index (χ2n) is 32.1. The standard InChI is InChI=1S/C102H112O21Si/c1-102(2,3)124(81-60-38-20-39-61-81,82-62-40-21-41-63-82)116-72-85-88(111-67-74-46-24-13-25-47-74)91(113-69-76-50-28-15-29-51-76)94(123-101-92(121-97(106)79-56-34-18-35-57-79)89(120-96(105)78-54-32-17-33-55-78)84(119-101)70-114-95(104)77-52-30-16-31-53-77)100(118-85)115-71-83-87(110-66-73-44-22-12-23-45-73)90(112-68-75-48-26-14-27-49-75)93(122-98(107)80-58-36-19-37-59-80)99(117-83)109-65-43-11-9-7-5-6-8-10-42-64-86(103)108-4/h12-41,44-63,83-85,87-94,99-101H,5-11,42-43,64-72H2,1-4H3/t83-,84+,85-,87+,88+,89+,90+,91+,92-,93-,94-,99-,100-,101-/m1/s1. The van der Waals surface area contributed by atoms with Gasteiger partial charge in [-0.05, 0) is 99.0 Å². The number of esters is 5. The number of ether oxygens (including phenoxy) is 15. The molecule has 10 aromatic rings. The lowest BCUT2D eigenvalue weighted by Crippen LogP contribution is -2.69. The lowest BCUT2D eigenvalue weighted by Gasteiger charge is -2.49. The lowest BCUT2D eigenvalue weighted by atomic mass is 9.96. The zero-order valence-corrected chi connectivity index (χ0v) is 71.8. The molecular formula is C102H112O21Si. The number of benzene rings is 10. The van der Waals surface area contributed by atoms with Crippen LogP contribution < -0.4 is 10.4 Å². The Labute approximate surface area is 727 Å². The van der Waals surface area contributed by atoms with Crippen LogP contribution in [0.5, 0.6) is 0 Å². The van der Waals surface area contributed by atoms with Gasteiger partial charge in [0.2, 0.25) is 0 Å². The van der Waals surface area contributed by atoms with Crippen molar-refractivity contribution in [2.24, 2.45) is 0 Å². The van der Waals surface area contributed by atoms with Crippen molar-refractivity contribution in [2.75, 3.05) is 33.5 Å². The van der Waals surface area contributed by atoms with Crippen molar-refractivity contribution >= 4 is 48.5 Å². The van der Waals surface area contributed by atoms with Crippen molar-refractivity contribution in [2.45, 2.75) is 202 Å². The van der Waals surface area contributed by atoms with Crippen LogP contribution >= 0.6 is 0 Å². The third kappa shape index (κ3) is 25.3. The average Bonchev–Trinajstić information content (AvgIpc) is 1.47. The molecule has 0 amide bonds. The van der Waals surface area contributed by atoms with Gasteiger partial charge in [-0.3, -0.25) is 4.79 Å². The topological polar surface area (TPSA) is 233 Å². The van der Waals surface area contributed by atoms with E-state index in [0.717, 1.165) is 84.0 Å².